The summed E-state index contributed by atoms with van der Waals surface area (Å²) < 4.78 is 13.7. The van der Waals surface area contributed by atoms with Crippen molar-refractivity contribution in [1.82, 2.24) is 5.32 Å². The molecule has 1 aromatic rings. The predicted molar refractivity (Wildman–Crippen MR) is 81.9 cm³/mol. The topological polar surface area (TPSA) is 69.6 Å². The number of amides is 1. The van der Waals surface area contributed by atoms with Gasteiger partial charge in [0.2, 0.25) is 0 Å². The smallest absolute Gasteiger partial charge is 0.251 e. The van der Waals surface area contributed by atoms with E-state index >= 15 is 0 Å². The predicted octanol–water partition coefficient (Wildman–Crippen LogP) is 2.38. The van der Waals surface area contributed by atoms with E-state index in [1.807, 2.05) is 0 Å². The molecule has 0 radical (unpaired) electrons. The summed E-state index contributed by atoms with van der Waals surface area (Å²) in [5.74, 6) is -0.523. The van der Waals surface area contributed by atoms with E-state index in [1.54, 1.807) is 0 Å². The van der Waals surface area contributed by atoms with E-state index in [9.17, 15) is 14.3 Å². The normalized spacial score (nSPS) is 17.2. The van der Waals surface area contributed by atoms with Crippen LogP contribution in [0.25, 0.3) is 0 Å². The molecule has 22 heavy (non-hydrogen) atoms. The summed E-state index contributed by atoms with van der Waals surface area (Å²) in [7, 11) is 0. The van der Waals surface area contributed by atoms with E-state index in [-0.39, 0.29) is 36.3 Å². The minimum absolute atomic E-state index is 0.0270. The fourth-order valence-corrected chi connectivity index (χ4v) is 3.17. The van der Waals surface area contributed by atoms with Crippen molar-refractivity contribution in [2.24, 2.45) is 5.92 Å². The fraction of sp³-hybridized carbons (Fsp3) is 0.588. The number of carbonyl (C=O) groups excluding carboxylic acids is 1. The molecule has 1 amide bonds. The van der Waals surface area contributed by atoms with Crippen molar-refractivity contribution in [2.45, 2.75) is 51.2 Å². The van der Waals surface area contributed by atoms with Crippen molar-refractivity contribution < 1.29 is 19.4 Å². The Morgan fingerprint density at radius 1 is 1.27 bits per heavy atom. The van der Waals surface area contributed by atoms with E-state index in [1.165, 1.54) is 18.6 Å². The Labute approximate surface area is 130 Å². The van der Waals surface area contributed by atoms with Gasteiger partial charge in [0.25, 0.3) is 5.91 Å². The van der Waals surface area contributed by atoms with Crippen LogP contribution in [0.1, 0.15) is 54.4 Å². The minimum atomic E-state index is -0.577. The Hall–Kier alpha value is -1.46. The lowest BCUT2D eigenvalue weighted by Gasteiger charge is -2.30. The van der Waals surface area contributed by atoms with Crippen LogP contribution >= 0.6 is 0 Å². The summed E-state index contributed by atoms with van der Waals surface area (Å²) in [4.78, 5) is 12.3. The maximum Gasteiger partial charge on any atom is 0.251 e. The van der Waals surface area contributed by atoms with Gasteiger partial charge in [0.15, 0.2) is 0 Å². The molecule has 1 atom stereocenters. The fourth-order valence-electron chi connectivity index (χ4n) is 3.17. The molecule has 1 aliphatic carbocycles. The first-order chi connectivity index (χ1) is 10.7. The number of aliphatic hydroxyl groups is 2. The third-order valence-electron chi connectivity index (χ3n) is 4.46. The zero-order valence-corrected chi connectivity index (χ0v) is 12.7. The van der Waals surface area contributed by atoms with E-state index < -0.39 is 5.82 Å². The number of hydrogen-bond donors (Lipinski definition) is 3. The van der Waals surface area contributed by atoms with E-state index in [0.717, 1.165) is 31.7 Å². The van der Waals surface area contributed by atoms with Crippen LogP contribution in [-0.2, 0) is 6.61 Å². The third kappa shape index (κ3) is 4.27. The van der Waals surface area contributed by atoms with Crippen LogP contribution in [0.2, 0.25) is 0 Å². The average molecular weight is 309 g/mol. The highest BCUT2D eigenvalue weighted by Gasteiger charge is 2.25. The molecule has 2 rings (SSSR count). The molecule has 0 bridgehead atoms. The first-order valence-corrected chi connectivity index (χ1v) is 7.96. The maximum absolute atomic E-state index is 13.7. The SMILES string of the molecule is O=C(N[C@H](CCO)C1CCCCC1)c1ccc(CO)c(F)c1. The number of aliphatic hydroxyl groups excluding tert-OH is 2. The summed E-state index contributed by atoms with van der Waals surface area (Å²) in [5, 5.41) is 21.1. The Kier molecular flexibility index (Phi) is 6.34. The second-order valence-corrected chi connectivity index (χ2v) is 5.95. The number of hydrogen-bond acceptors (Lipinski definition) is 3. The molecule has 1 fully saturated rings. The first-order valence-electron chi connectivity index (χ1n) is 7.96. The zero-order valence-electron chi connectivity index (χ0n) is 12.7. The molecule has 1 saturated carbocycles. The highest BCUT2D eigenvalue weighted by atomic mass is 19.1. The average Bonchev–Trinajstić information content (AvgIpc) is 2.55. The number of rotatable bonds is 6. The standard InChI is InChI=1S/C17H24FNO3/c18-15-10-13(6-7-14(15)11-21)17(22)19-16(8-9-20)12-4-2-1-3-5-12/h6-7,10,12,16,20-21H,1-5,8-9,11H2,(H,19,22)/t16-/m1/s1. The van der Waals surface area contributed by atoms with E-state index in [0.29, 0.717) is 12.3 Å². The molecule has 0 heterocycles. The second-order valence-electron chi connectivity index (χ2n) is 5.95. The van der Waals surface area contributed by atoms with Gasteiger partial charge >= 0.3 is 0 Å². The van der Waals surface area contributed by atoms with Crippen LogP contribution in [0, 0.1) is 11.7 Å². The molecule has 4 nitrogen and oxygen atoms in total. The second kappa shape index (κ2) is 8.25. The quantitative estimate of drug-likeness (QED) is 0.755. The van der Waals surface area contributed by atoms with E-state index in [2.05, 4.69) is 5.32 Å². The molecule has 0 unspecified atom stereocenters. The lowest BCUT2D eigenvalue weighted by atomic mass is 9.82. The molecule has 3 N–H and O–H groups in total. The monoisotopic (exact) mass is 309 g/mol. The lowest BCUT2D eigenvalue weighted by molar-refractivity contribution is 0.0899. The van der Waals surface area contributed by atoms with Gasteiger partial charge < -0.3 is 15.5 Å². The summed E-state index contributed by atoms with van der Waals surface area (Å²) in [6.07, 6.45) is 6.17. The Balaban J connectivity index is 2.05. The largest absolute Gasteiger partial charge is 0.396 e. The highest BCUT2D eigenvalue weighted by molar-refractivity contribution is 5.94. The molecule has 122 valence electrons. The van der Waals surface area contributed by atoms with Crippen molar-refractivity contribution in [3.05, 3.63) is 35.1 Å². The van der Waals surface area contributed by atoms with E-state index in [4.69, 9.17) is 5.11 Å². The summed E-state index contributed by atoms with van der Waals surface area (Å²) in [6.45, 7) is -0.359. The van der Waals surface area contributed by atoms with Gasteiger partial charge in [-0.15, -0.1) is 0 Å². The zero-order chi connectivity index (χ0) is 15.9. The van der Waals surface area contributed by atoms with Gasteiger partial charge in [-0.3, -0.25) is 4.79 Å². The van der Waals surface area contributed by atoms with Gasteiger partial charge in [-0.05, 0) is 37.3 Å². The molecule has 5 heteroatoms. The Morgan fingerprint density at radius 3 is 2.59 bits per heavy atom. The van der Waals surface area contributed by atoms with Gasteiger partial charge in [0.05, 0.1) is 6.61 Å². The van der Waals surface area contributed by atoms with Crippen LogP contribution in [0.3, 0.4) is 0 Å². The molecule has 0 spiro atoms. The molecular weight excluding hydrogens is 285 g/mol. The van der Waals surface area contributed by atoms with Crippen molar-refractivity contribution in [1.29, 1.82) is 0 Å². The Bertz CT molecular complexity index is 501. The van der Waals surface area contributed by atoms with Crippen molar-refractivity contribution in [2.75, 3.05) is 6.61 Å². The van der Waals surface area contributed by atoms with Crippen molar-refractivity contribution >= 4 is 5.91 Å². The highest BCUT2D eigenvalue weighted by Crippen LogP contribution is 2.28. The van der Waals surface area contributed by atoms with Gasteiger partial charge in [0, 0.05) is 23.8 Å². The van der Waals surface area contributed by atoms with Crippen LogP contribution in [0.15, 0.2) is 18.2 Å². The number of halogens is 1. The number of carbonyl (C=O) groups is 1. The summed E-state index contributed by atoms with van der Waals surface area (Å²) in [6, 6.07) is 4.02. The van der Waals surface area contributed by atoms with Crippen molar-refractivity contribution in [3.8, 4) is 0 Å². The van der Waals surface area contributed by atoms with Gasteiger partial charge in [0.1, 0.15) is 5.82 Å². The van der Waals surface area contributed by atoms with Crippen LogP contribution in [0.4, 0.5) is 4.39 Å². The van der Waals surface area contributed by atoms with Gasteiger partial charge in [-0.2, -0.15) is 0 Å². The molecule has 0 aliphatic heterocycles. The summed E-state index contributed by atoms with van der Waals surface area (Å²) in [5.41, 5.74) is 0.421. The molecule has 1 aliphatic rings. The molecule has 0 saturated heterocycles. The minimum Gasteiger partial charge on any atom is -0.396 e. The lowest BCUT2D eigenvalue weighted by Crippen LogP contribution is -2.41. The number of benzene rings is 1. The Morgan fingerprint density at radius 2 is 2.00 bits per heavy atom. The van der Waals surface area contributed by atoms with Gasteiger partial charge in [-0.25, -0.2) is 4.39 Å². The van der Waals surface area contributed by atoms with Gasteiger partial charge in [-0.1, -0.05) is 25.3 Å². The summed E-state index contributed by atoms with van der Waals surface area (Å²) >= 11 is 0. The van der Waals surface area contributed by atoms with Crippen LogP contribution in [-0.4, -0.2) is 28.8 Å². The third-order valence-corrected chi connectivity index (χ3v) is 4.46. The number of nitrogens with one attached hydrogen (secondary N) is 1. The molecular formula is C17H24FNO3. The molecule has 0 aromatic heterocycles. The first kappa shape index (κ1) is 16.9. The van der Waals surface area contributed by atoms with Crippen LogP contribution < -0.4 is 5.32 Å². The maximum atomic E-state index is 13.7. The molecule has 1 aromatic carbocycles. The van der Waals surface area contributed by atoms with Crippen LogP contribution in [0.5, 0.6) is 0 Å². The van der Waals surface area contributed by atoms with Crippen molar-refractivity contribution in [3.63, 3.8) is 0 Å².